The highest BCUT2D eigenvalue weighted by Crippen LogP contribution is 2.36. The van der Waals surface area contributed by atoms with Crippen LogP contribution in [0.5, 0.6) is 0 Å². The molecular weight excluding hydrogens is 404 g/mol. The number of rotatable bonds is 3. The van der Waals surface area contributed by atoms with Crippen molar-refractivity contribution >= 4 is 17.4 Å². The number of hydrazine groups is 1. The number of anilines is 1. The van der Waals surface area contributed by atoms with Crippen molar-refractivity contribution in [2.75, 3.05) is 24.5 Å². The molecule has 172 valence electrons. The van der Waals surface area contributed by atoms with E-state index < -0.39 is 0 Å². The van der Waals surface area contributed by atoms with Crippen molar-refractivity contribution in [3.05, 3.63) is 23.5 Å². The van der Waals surface area contributed by atoms with Gasteiger partial charge in [0, 0.05) is 55.5 Å². The smallest absolute Gasteiger partial charge is 0.241 e. The number of carbonyl (C=O) groups is 1. The summed E-state index contributed by atoms with van der Waals surface area (Å²) in [6.45, 7) is 4.68. The predicted octanol–water partition coefficient (Wildman–Crippen LogP) is 1.27. The van der Waals surface area contributed by atoms with E-state index >= 15 is 0 Å². The third kappa shape index (κ3) is 3.38. The molecule has 32 heavy (non-hydrogen) atoms. The number of nitrogens with zero attached hydrogens (tertiary/aromatic N) is 5. The van der Waals surface area contributed by atoms with E-state index in [1.165, 1.54) is 6.42 Å². The Balaban J connectivity index is 1.28. The highest BCUT2D eigenvalue weighted by molar-refractivity contribution is 5.83. The van der Waals surface area contributed by atoms with Crippen LogP contribution in [0.15, 0.2) is 12.3 Å². The van der Waals surface area contributed by atoms with Gasteiger partial charge in [-0.1, -0.05) is 6.42 Å². The van der Waals surface area contributed by atoms with Crippen LogP contribution >= 0.6 is 0 Å². The van der Waals surface area contributed by atoms with Gasteiger partial charge in [-0.2, -0.15) is 5.10 Å². The molecule has 0 aromatic carbocycles. The first-order chi connectivity index (χ1) is 15.6. The van der Waals surface area contributed by atoms with E-state index in [1.807, 2.05) is 4.52 Å². The molecule has 3 aliphatic heterocycles. The number of nitrogens with two attached hydrogens (primary N) is 1. The first kappa shape index (κ1) is 20.4. The molecule has 6 rings (SSSR count). The Morgan fingerprint density at radius 3 is 2.88 bits per heavy atom. The number of carbonyl (C=O) groups excluding carboxylic acids is 1. The van der Waals surface area contributed by atoms with Crippen molar-refractivity contribution in [2.45, 2.75) is 76.0 Å². The minimum Gasteiger partial charge on any atom is -0.355 e. The molecule has 9 heteroatoms. The number of nitrogens with one attached hydrogen (secondary N) is 2. The third-order valence-corrected chi connectivity index (χ3v) is 7.96. The molecule has 5 atom stereocenters. The lowest BCUT2D eigenvalue weighted by Crippen LogP contribution is -2.50. The van der Waals surface area contributed by atoms with E-state index in [4.69, 9.17) is 15.8 Å². The third-order valence-electron chi connectivity index (χ3n) is 7.96. The number of piperidine rings is 1. The fraction of sp³-hybridized carbons (Fsp3) is 0.696. The maximum Gasteiger partial charge on any atom is 0.241 e. The Kier molecular flexibility index (Phi) is 5.07. The summed E-state index contributed by atoms with van der Waals surface area (Å²) >= 11 is 0. The van der Waals surface area contributed by atoms with E-state index in [2.05, 4.69) is 39.8 Å². The number of fused-ring (bicyclic) bond motifs is 2. The molecule has 1 amide bonds. The zero-order valence-corrected chi connectivity index (χ0v) is 18.8. The lowest BCUT2D eigenvalue weighted by molar-refractivity contribution is -0.138. The summed E-state index contributed by atoms with van der Waals surface area (Å²) in [6, 6.07) is 2.63. The quantitative estimate of drug-likeness (QED) is 0.663. The van der Waals surface area contributed by atoms with Gasteiger partial charge in [0.05, 0.1) is 11.7 Å². The highest BCUT2D eigenvalue weighted by atomic mass is 16.2. The standard InChI is InChI=1S/C23H34N8O/c1-14-12-31-20(25-22(14)29-10-8-15(24)13-29)11-18(28-31)19-7-2-3-9-30(19)23(32)21-16-5-4-6-17(16)26-27-21/h11-12,15-17,19,21,26-27H,2-10,13,24H2,1H3/t15-,16?,17?,19-,21?/m0/s1. The second-order valence-electron chi connectivity index (χ2n) is 10.1. The summed E-state index contributed by atoms with van der Waals surface area (Å²) in [4.78, 5) is 22.9. The summed E-state index contributed by atoms with van der Waals surface area (Å²) in [6.07, 6.45) is 9.68. The van der Waals surface area contributed by atoms with Gasteiger partial charge in [-0.15, -0.1) is 0 Å². The number of hydrogen-bond acceptors (Lipinski definition) is 7. The Bertz CT molecular complexity index is 1020. The van der Waals surface area contributed by atoms with Crippen LogP contribution in [0.4, 0.5) is 5.82 Å². The Labute approximate surface area is 188 Å². The van der Waals surface area contributed by atoms with Crippen LogP contribution in [0.1, 0.15) is 62.2 Å². The minimum absolute atomic E-state index is 0.0177. The molecule has 3 saturated heterocycles. The Hall–Kier alpha value is -2.23. The van der Waals surface area contributed by atoms with Gasteiger partial charge >= 0.3 is 0 Å². The SMILES string of the molecule is Cc1cn2nc([C@@H]3CCCCN3C(=O)C3NNC4CCCC43)cc2nc1N1CC[C@H](N)C1. The molecule has 1 aliphatic carbocycles. The first-order valence-corrected chi connectivity index (χ1v) is 12.3. The summed E-state index contributed by atoms with van der Waals surface area (Å²) in [5.41, 5.74) is 15.7. The lowest BCUT2D eigenvalue weighted by atomic mass is 9.93. The zero-order chi connectivity index (χ0) is 21.8. The molecule has 0 radical (unpaired) electrons. The molecule has 4 fully saturated rings. The van der Waals surface area contributed by atoms with Crippen LogP contribution in [0.25, 0.3) is 5.65 Å². The molecule has 0 bridgehead atoms. The summed E-state index contributed by atoms with van der Waals surface area (Å²) < 4.78 is 1.88. The molecule has 3 unspecified atom stereocenters. The number of amides is 1. The van der Waals surface area contributed by atoms with Gasteiger partial charge in [0.25, 0.3) is 0 Å². The molecule has 2 aromatic rings. The Morgan fingerprint density at radius 2 is 2.03 bits per heavy atom. The fourth-order valence-electron chi connectivity index (χ4n) is 6.28. The molecule has 0 spiro atoms. The molecule has 4 aliphatic rings. The van der Waals surface area contributed by atoms with Crippen molar-refractivity contribution < 1.29 is 4.79 Å². The van der Waals surface area contributed by atoms with Crippen LogP contribution in [0.2, 0.25) is 0 Å². The number of hydrogen-bond donors (Lipinski definition) is 3. The second kappa shape index (κ2) is 7.97. The van der Waals surface area contributed by atoms with Crippen molar-refractivity contribution in [3.8, 4) is 0 Å². The van der Waals surface area contributed by atoms with Crippen molar-refractivity contribution in [1.82, 2.24) is 30.3 Å². The molecule has 9 nitrogen and oxygen atoms in total. The van der Waals surface area contributed by atoms with E-state index in [1.54, 1.807) is 0 Å². The van der Waals surface area contributed by atoms with Crippen LogP contribution in [-0.4, -0.2) is 63.2 Å². The van der Waals surface area contributed by atoms with E-state index in [0.29, 0.717) is 12.0 Å². The largest absolute Gasteiger partial charge is 0.355 e. The summed E-state index contributed by atoms with van der Waals surface area (Å²) in [5.74, 6) is 1.64. The average molecular weight is 439 g/mol. The van der Waals surface area contributed by atoms with Gasteiger partial charge in [-0.3, -0.25) is 10.2 Å². The zero-order valence-electron chi connectivity index (χ0n) is 18.8. The van der Waals surface area contributed by atoms with Gasteiger partial charge in [0.1, 0.15) is 11.9 Å². The fourth-order valence-corrected chi connectivity index (χ4v) is 6.28. The van der Waals surface area contributed by atoms with Crippen molar-refractivity contribution in [1.29, 1.82) is 0 Å². The van der Waals surface area contributed by atoms with Crippen molar-refractivity contribution in [3.63, 3.8) is 0 Å². The number of likely N-dealkylation sites (tertiary alicyclic amines) is 1. The minimum atomic E-state index is -0.119. The van der Waals surface area contributed by atoms with Crippen LogP contribution in [0, 0.1) is 12.8 Å². The highest BCUT2D eigenvalue weighted by Gasteiger charge is 2.45. The normalized spacial score (nSPS) is 32.8. The number of aryl methyl sites for hydroxylation is 1. The van der Waals surface area contributed by atoms with Gasteiger partial charge in [0.2, 0.25) is 5.91 Å². The molecule has 5 heterocycles. The Morgan fingerprint density at radius 1 is 1.12 bits per heavy atom. The topological polar surface area (TPSA) is 104 Å². The first-order valence-electron chi connectivity index (χ1n) is 12.3. The van der Waals surface area contributed by atoms with E-state index in [9.17, 15) is 4.79 Å². The molecule has 1 saturated carbocycles. The average Bonchev–Trinajstić information content (AvgIpc) is 3.56. The van der Waals surface area contributed by atoms with Gasteiger partial charge < -0.3 is 15.5 Å². The monoisotopic (exact) mass is 438 g/mol. The van der Waals surface area contributed by atoms with Crippen LogP contribution < -0.4 is 21.5 Å². The van der Waals surface area contributed by atoms with Crippen LogP contribution in [-0.2, 0) is 4.79 Å². The molecule has 2 aromatic heterocycles. The predicted molar refractivity (Wildman–Crippen MR) is 122 cm³/mol. The molecule has 4 N–H and O–H groups in total. The summed E-state index contributed by atoms with van der Waals surface area (Å²) in [7, 11) is 0. The van der Waals surface area contributed by atoms with Crippen LogP contribution in [0.3, 0.4) is 0 Å². The van der Waals surface area contributed by atoms with E-state index in [0.717, 1.165) is 80.9 Å². The van der Waals surface area contributed by atoms with E-state index in [-0.39, 0.29) is 24.0 Å². The number of aromatic nitrogens is 3. The van der Waals surface area contributed by atoms with Crippen molar-refractivity contribution in [2.24, 2.45) is 11.7 Å². The second-order valence-corrected chi connectivity index (χ2v) is 10.1. The summed E-state index contributed by atoms with van der Waals surface area (Å²) in [5, 5.41) is 4.89. The maximum atomic E-state index is 13.6. The lowest BCUT2D eigenvalue weighted by Gasteiger charge is -2.37. The molecular formula is C23H34N8O. The van der Waals surface area contributed by atoms with Gasteiger partial charge in [0.15, 0.2) is 5.65 Å². The van der Waals surface area contributed by atoms with Gasteiger partial charge in [-0.25, -0.2) is 14.9 Å². The van der Waals surface area contributed by atoms with Gasteiger partial charge in [-0.05, 0) is 45.4 Å². The maximum absolute atomic E-state index is 13.6.